The molecule has 20 rings (SSSR count). The standard InChI is InChI=1S/C37H35N.2C34H31N.C25H27N/c1-36(2,3)38(29-21-23-32-31-18-12-13-19-33(31)37(4,5)34(32)25-29)35-24-28(26-14-8-6-9-15-26)20-22-30(35)27-16-10-7-11-17-27;1-34(2,3)35(31-22-19-28(20-23-31)26-13-7-4-8-14-26)33-24-21-30(27-15-9-5-10-16-27)25-32(33)29-17-11-6-12-18-29;1-34(2,3)35(31-22-19-28(20-23-31)26-13-7-4-8-14-26)33-25-30(27-15-9-5-10-16-27)21-24-32(33)29-17-11-6-12-18-29;1-24(2,3)26(18-11-7-6-8-12-18)19-15-16-21-20-13-9-10-14-22(20)25(4,5)23(21)17-19/h6-25H,1-5H3;2*4-25H,1-3H3;6-17H,1-5H3. The van der Waals surface area contributed by atoms with Gasteiger partial charge in [0.15, 0.2) is 0 Å². The third-order valence-electron chi connectivity index (χ3n) is 26.1. The lowest BCUT2D eigenvalue weighted by atomic mass is 9.82. The zero-order chi connectivity index (χ0) is 93.5. The first-order valence-corrected chi connectivity index (χ1v) is 47.4. The summed E-state index contributed by atoms with van der Waals surface area (Å²) in [7, 11) is 0. The van der Waals surface area contributed by atoms with Crippen molar-refractivity contribution in [2.24, 2.45) is 0 Å². The molecule has 664 valence electrons. The van der Waals surface area contributed by atoms with E-state index in [2.05, 4.69) is 591 Å². The Kier molecular flexibility index (Phi) is 26.2. The van der Waals surface area contributed by atoms with Gasteiger partial charge >= 0.3 is 0 Å². The molecule has 0 saturated heterocycles. The van der Waals surface area contributed by atoms with Crippen molar-refractivity contribution < 1.29 is 0 Å². The van der Waals surface area contributed by atoms with E-state index in [9.17, 15) is 0 Å². The summed E-state index contributed by atoms with van der Waals surface area (Å²) in [5.41, 5.74) is 40.0. The molecule has 0 amide bonds. The van der Waals surface area contributed by atoms with Gasteiger partial charge in [0.05, 0.1) is 11.4 Å². The molecule has 0 saturated carbocycles. The van der Waals surface area contributed by atoms with E-state index < -0.39 is 0 Å². The van der Waals surface area contributed by atoms with Crippen LogP contribution in [0.25, 0.3) is 111 Å². The maximum Gasteiger partial charge on any atom is 0.0501 e. The van der Waals surface area contributed by atoms with E-state index >= 15 is 0 Å². The van der Waals surface area contributed by atoms with Crippen LogP contribution < -0.4 is 19.6 Å². The van der Waals surface area contributed by atoms with E-state index in [1.54, 1.807) is 0 Å². The fraction of sp³-hybridized carbons (Fsp3) is 0.169. The van der Waals surface area contributed by atoms with Gasteiger partial charge in [0.2, 0.25) is 0 Å². The third-order valence-corrected chi connectivity index (χ3v) is 26.1. The van der Waals surface area contributed by atoms with Crippen molar-refractivity contribution in [3.8, 4) is 111 Å². The predicted octanol–water partition coefficient (Wildman–Crippen LogP) is 36.4. The van der Waals surface area contributed by atoms with Crippen LogP contribution in [0.5, 0.6) is 0 Å². The van der Waals surface area contributed by atoms with Crippen molar-refractivity contribution in [2.75, 3.05) is 19.6 Å². The fourth-order valence-corrected chi connectivity index (χ4v) is 19.9. The molecule has 2 aliphatic rings. The minimum Gasteiger partial charge on any atom is -0.336 e. The van der Waals surface area contributed by atoms with Crippen molar-refractivity contribution in [1.82, 2.24) is 0 Å². The van der Waals surface area contributed by atoms with Gasteiger partial charge in [-0.2, -0.15) is 0 Å². The molecular weight excluding hydrogens is 1620 g/mol. The summed E-state index contributed by atoms with van der Waals surface area (Å²) >= 11 is 0. The van der Waals surface area contributed by atoms with Crippen molar-refractivity contribution in [3.63, 3.8) is 0 Å². The molecule has 0 unspecified atom stereocenters. The van der Waals surface area contributed by atoms with Crippen LogP contribution in [0, 0.1) is 0 Å². The summed E-state index contributed by atoms with van der Waals surface area (Å²) in [6.07, 6.45) is 0. The second-order valence-electron chi connectivity index (χ2n) is 40.4. The molecule has 0 N–H and O–H groups in total. The van der Waals surface area contributed by atoms with E-state index in [0.29, 0.717) is 0 Å². The van der Waals surface area contributed by atoms with Gasteiger partial charge in [-0.1, -0.05) is 404 Å². The average molecular weight is 1740 g/mol. The topological polar surface area (TPSA) is 13.0 Å². The molecule has 0 heterocycles. The van der Waals surface area contributed by atoms with E-state index in [-0.39, 0.29) is 33.0 Å². The zero-order valence-corrected chi connectivity index (χ0v) is 80.7. The smallest absolute Gasteiger partial charge is 0.0501 e. The largest absolute Gasteiger partial charge is 0.336 e. The molecule has 4 nitrogen and oxygen atoms in total. The highest BCUT2D eigenvalue weighted by atomic mass is 15.2. The molecule has 0 spiro atoms. The molecular formula is C130H124N4. The van der Waals surface area contributed by atoms with E-state index in [1.165, 1.54) is 179 Å². The lowest BCUT2D eigenvalue weighted by molar-refractivity contribution is 0.559. The van der Waals surface area contributed by atoms with E-state index in [4.69, 9.17) is 0 Å². The summed E-state index contributed by atoms with van der Waals surface area (Å²) in [6, 6.07) is 166. The monoisotopic (exact) mass is 1740 g/mol. The van der Waals surface area contributed by atoms with Gasteiger partial charge in [-0.25, -0.2) is 0 Å². The van der Waals surface area contributed by atoms with E-state index in [0.717, 1.165) is 0 Å². The number of benzene rings is 18. The molecule has 2 aliphatic carbocycles. The number of rotatable bonds is 16. The molecule has 18 aromatic carbocycles. The third kappa shape index (κ3) is 19.6. The molecule has 0 bridgehead atoms. The van der Waals surface area contributed by atoms with Gasteiger partial charge in [0.25, 0.3) is 0 Å². The first kappa shape index (κ1) is 91.1. The Hall–Kier alpha value is -14.8. The fourth-order valence-electron chi connectivity index (χ4n) is 19.9. The Morgan fingerprint density at radius 1 is 0.142 bits per heavy atom. The van der Waals surface area contributed by atoms with Crippen molar-refractivity contribution in [2.45, 2.75) is 144 Å². The van der Waals surface area contributed by atoms with Gasteiger partial charge in [-0.3, -0.25) is 0 Å². The molecule has 0 aliphatic heterocycles. The number of fused-ring (bicyclic) bond motifs is 6. The van der Waals surface area contributed by atoms with Crippen molar-refractivity contribution >= 4 is 45.5 Å². The van der Waals surface area contributed by atoms with E-state index in [1.807, 2.05) is 0 Å². The SMILES string of the molecule is CC(C)(C)N(c1ccc(-c2ccccc2)cc1)c1cc(-c2ccccc2)ccc1-c1ccccc1.CC(C)(C)N(c1ccc(-c2ccccc2)cc1)c1ccc(-c2ccccc2)cc1-c1ccccc1.CC1(C)c2ccccc2-c2ccc(N(c3cc(-c4ccccc4)ccc3-c3ccccc3)C(C)(C)C)cc21.CC1(C)c2ccccc2-c2ccc(N(c3ccccc3)C(C)(C)C)cc21. The maximum absolute atomic E-state index is 2.53. The Morgan fingerprint density at radius 2 is 0.358 bits per heavy atom. The van der Waals surface area contributed by atoms with Crippen LogP contribution in [0.3, 0.4) is 0 Å². The van der Waals surface area contributed by atoms with Crippen LogP contribution in [0.2, 0.25) is 0 Å². The van der Waals surface area contributed by atoms with Gasteiger partial charge in [0.1, 0.15) is 0 Å². The van der Waals surface area contributed by atoms with Gasteiger partial charge in [-0.15, -0.1) is 0 Å². The van der Waals surface area contributed by atoms with Crippen LogP contribution in [-0.2, 0) is 10.8 Å². The first-order chi connectivity index (χ1) is 64.6. The molecule has 0 fully saturated rings. The summed E-state index contributed by atoms with van der Waals surface area (Å²) in [5.74, 6) is 0. The maximum atomic E-state index is 2.53. The quantitative estimate of drug-likeness (QED) is 0.0956. The number of hydrogen-bond donors (Lipinski definition) is 0. The Labute approximate surface area is 797 Å². The highest BCUT2D eigenvalue weighted by Gasteiger charge is 2.40. The molecule has 0 atom stereocenters. The lowest BCUT2D eigenvalue weighted by Crippen LogP contribution is -2.38. The van der Waals surface area contributed by atoms with Gasteiger partial charge < -0.3 is 19.6 Å². The molecule has 0 aromatic heterocycles. The van der Waals surface area contributed by atoms with Crippen LogP contribution >= 0.6 is 0 Å². The zero-order valence-electron chi connectivity index (χ0n) is 80.7. The average Bonchev–Trinajstić information content (AvgIpc) is 1.57. The molecule has 4 heteroatoms. The lowest BCUT2D eigenvalue weighted by Gasteiger charge is -2.40. The Balaban J connectivity index is 0.000000125. The van der Waals surface area contributed by atoms with Crippen LogP contribution in [0.1, 0.15) is 133 Å². The van der Waals surface area contributed by atoms with Crippen LogP contribution in [0.4, 0.5) is 45.5 Å². The van der Waals surface area contributed by atoms with Crippen molar-refractivity contribution in [3.05, 3.63) is 483 Å². The number of anilines is 8. The first-order valence-electron chi connectivity index (χ1n) is 47.4. The molecule has 18 aromatic rings. The number of para-hydroxylation sites is 1. The normalized spacial score (nSPS) is 12.6. The summed E-state index contributed by atoms with van der Waals surface area (Å²) < 4.78 is 0. The molecule has 0 radical (unpaired) electrons. The summed E-state index contributed by atoms with van der Waals surface area (Å²) in [6.45, 7) is 36.8. The van der Waals surface area contributed by atoms with Gasteiger partial charge in [-0.05, 0) is 285 Å². The number of nitrogens with zero attached hydrogens (tertiary/aromatic N) is 4. The second kappa shape index (κ2) is 38.5. The second-order valence-corrected chi connectivity index (χ2v) is 40.4. The summed E-state index contributed by atoms with van der Waals surface area (Å²) in [5, 5.41) is 0. The highest BCUT2D eigenvalue weighted by Crippen LogP contribution is 2.54. The summed E-state index contributed by atoms with van der Waals surface area (Å²) in [4.78, 5) is 9.89. The predicted molar refractivity (Wildman–Crippen MR) is 578 cm³/mol. The highest BCUT2D eigenvalue weighted by molar-refractivity contribution is 5.93. The Morgan fingerprint density at radius 3 is 0.694 bits per heavy atom. The van der Waals surface area contributed by atoms with Crippen LogP contribution in [0.15, 0.2) is 461 Å². The number of hydrogen-bond acceptors (Lipinski definition) is 4. The Bertz CT molecular complexity index is 7010. The van der Waals surface area contributed by atoms with Crippen molar-refractivity contribution in [1.29, 1.82) is 0 Å². The van der Waals surface area contributed by atoms with Crippen LogP contribution in [-0.4, -0.2) is 22.2 Å². The van der Waals surface area contributed by atoms with Gasteiger partial charge in [0, 0.05) is 83.8 Å². The minimum absolute atomic E-state index is 0.00874. The molecule has 134 heavy (non-hydrogen) atoms. The minimum atomic E-state index is -0.150.